The Bertz CT molecular complexity index is 435. The Kier molecular flexibility index (Phi) is 4.33. The minimum absolute atomic E-state index is 0.0488. The molecule has 1 fully saturated rings. The van der Waals surface area contributed by atoms with Crippen molar-refractivity contribution in [3.8, 4) is 5.88 Å². The number of piperidine rings is 1. The summed E-state index contributed by atoms with van der Waals surface area (Å²) in [6.07, 6.45) is 1.87. The highest BCUT2D eigenvalue weighted by Crippen LogP contribution is 2.17. The van der Waals surface area contributed by atoms with Gasteiger partial charge < -0.3 is 10.1 Å². The maximum absolute atomic E-state index is 12.0. The van der Waals surface area contributed by atoms with E-state index in [1.165, 1.54) is 13.2 Å². The molecule has 0 bridgehead atoms. The number of hydrogen-bond acceptors (Lipinski definition) is 5. The number of ether oxygens (including phenoxy) is 1. The van der Waals surface area contributed by atoms with E-state index in [4.69, 9.17) is 16.3 Å². The quantitative estimate of drug-likeness (QED) is 0.804. The van der Waals surface area contributed by atoms with Gasteiger partial charge in [0.05, 0.1) is 13.0 Å². The van der Waals surface area contributed by atoms with E-state index in [1.54, 1.807) is 0 Å². The molecule has 0 aromatic carbocycles. The van der Waals surface area contributed by atoms with Crippen molar-refractivity contribution in [2.24, 2.45) is 5.92 Å². The van der Waals surface area contributed by atoms with Gasteiger partial charge in [0.25, 0.3) is 0 Å². The fourth-order valence-corrected chi connectivity index (χ4v) is 2.02. The van der Waals surface area contributed by atoms with Crippen LogP contribution in [-0.4, -0.2) is 36.1 Å². The number of halogens is 1. The lowest BCUT2D eigenvalue weighted by Crippen LogP contribution is -2.37. The van der Waals surface area contributed by atoms with E-state index in [0.717, 1.165) is 19.4 Å². The first-order valence-electron chi connectivity index (χ1n) is 5.79. The van der Waals surface area contributed by atoms with Crippen LogP contribution in [0.5, 0.6) is 5.88 Å². The molecule has 1 amide bonds. The predicted octanol–water partition coefficient (Wildman–Crippen LogP) is 1.08. The van der Waals surface area contributed by atoms with Crippen molar-refractivity contribution >= 4 is 23.5 Å². The molecule has 1 aliphatic heterocycles. The van der Waals surface area contributed by atoms with Crippen molar-refractivity contribution < 1.29 is 9.53 Å². The number of nitrogens with zero attached hydrogens (tertiary/aromatic N) is 2. The summed E-state index contributed by atoms with van der Waals surface area (Å²) in [5.41, 5.74) is 0. The zero-order valence-electron chi connectivity index (χ0n) is 10.1. The molecule has 18 heavy (non-hydrogen) atoms. The molecule has 98 valence electrons. The van der Waals surface area contributed by atoms with Gasteiger partial charge in [0.15, 0.2) is 0 Å². The number of aromatic nitrogens is 2. The smallest absolute Gasteiger partial charge is 0.234 e. The van der Waals surface area contributed by atoms with Crippen molar-refractivity contribution in [3.05, 3.63) is 11.2 Å². The fraction of sp³-hybridized carbons (Fsp3) is 0.545. The number of rotatable bonds is 3. The maximum Gasteiger partial charge on any atom is 0.234 e. The first-order chi connectivity index (χ1) is 8.69. The van der Waals surface area contributed by atoms with Crippen LogP contribution in [0.25, 0.3) is 0 Å². The largest absolute Gasteiger partial charge is 0.481 e. The standard InChI is InChI=1S/C11H15ClN4O2/c1-18-9-5-8(12)14-11(15-9)16-10(17)7-3-2-4-13-6-7/h5,7,13H,2-4,6H2,1H3,(H,14,15,16,17)/t7-/m1/s1. The van der Waals surface area contributed by atoms with Crippen LogP contribution in [0.1, 0.15) is 12.8 Å². The van der Waals surface area contributed by atoms with Crippen LogP contribution in [0, 0.1) is 5.92 Å². The van der Waals surface area contributed by atoms with Gasteiger partial charge in [-0.1, -0.05) is 11.6 Å². The Morgan fingerprint density at radius 2 is 2.44 bits per heavy atom. The Labute approximate surface area is 110 Å². The van der Waals surface area contributed by atoms with E-state index in [1.807, 2.05) is 0 Å². The summed E-state index contributed by atoms with van der Waals surface area (Å²) < 4.78 is 4.96. The van der Waals surface area contributed by atoms with Gasteiger partial charge in [-0.3, -0.25) is 10.1 Å². The van der Waals surface area contributed by atoms with E-state index in [9.17, 15) is 4.79 Å². The number of hydrogen-bond donors (Lipinski definition) is 2. The molecule has 2 heterocycles. The minimum Gasteiger partial charge on any atom is -0.481 e. The summed E-state index contributed by atoms with van der Waals surface area (Å²) in [4.78, 5) is 19.9. The summed E-state index contributed by atoms with van der Waals surface area (Å²) in [6, 6.07) is 1.49. The van der Waals surface area contributed by atoms with E-state index in [-0.39, 0.29) is 22.9 Å². The molecule has 7 heteroatoms. The SMILES string of the molecule is COc1cc(Cl)nc(NC(=O)[C@@H]2CCCNC2)n1. The van der Waals surface area contributed by atoms with E-state index >= 15 is 0 Å². The lowest BCUT2D eigenvalue weighted by Gasteiger charge is -2.21. The second kappa shape index (κ2) is 5.97. The molecule has 0 radical (unpaired) electrons. The Morgan fingerprint density at radius 3 is 3.11 bits per heavy atom. The van der Waals surface area contributed by atoms with Crippen molar-refractivity contribution in [1.29, 1.82) is 0 Å². The van der Waals surface area contributed by atoms with Crippen molar-refractivity contribution in [2.75, 3.05) is 25.5 Å². The Balaban J connectivity index is 2.03. The number of carbonyl (C=O) groups excluding carboxylic acids is 1. The number of methoxy groups -OCH3 is 1. The molecule has 1 atom stereocenters. The molecule has 1 saturated heterocycles. The molecule has 6 nitrogen and oxygen atoms in total. The molecular weight excluding hydrogens is 256 g/mol. The van der Waals surface area contributed by atoms with Gasteiger partial charge >= 0.3 is 0 Å². The zero-order valence-corrected chi connectivity index (χ0v) is 10.8. The van der Waals surface area contributed by atoms with Crippen molar-refractivity contribution in [1.82, 2.24) is 15.3 Å². The average molecular weight is 271 g/mol. The normalized spacial score (nSPS) is 19.3. The maximum atomic E-state index is 12.0. The highest BCUT2D eigenvalue weighted by Gasteiger charge is 2.21. The van der Waals surface area contributed by atoms with Crippen LogP contribution in [-0.2, 0) is 4.79 Å². The van der Waals surface area contributed by atoms with Gasteiger partial charge in [0, 0.05) is 12.6 Å². The second-order valence-corrected chi connectivity index (χ2v) is 4.48. The third kappa shape index (κ3) is 3.30. The van der Waals surface area contributed by atoms with Crippen LogP contribution in [0.4, 0.5) is 5.95 Å². The molecule has 1 aromatic rings. The zero-order chi connectivity index (χ0) is 13.0. The van der Waals surface area contributed by atoms with Crippen LogP contribution in [0.2, 0.25) is 5.15 Å². The number of nitrogens with one attached hydrogen (secondary N) is 2. The average Bonchev–Trinajstić information content (AvgIpc) is 2.39. The lowest BCUT2D eigenvalue weighted by atomic mass is 9.99. The monoisotopic (exact) mass is 270 g/mol. The molecule has 1 aliphatic rings. The number of carbonyl (C=O) groups is 1. The number of anilines is 1. The summed E-state index contributed by atoms with van der Waals surface area (Å²) in [7, 11) is 1.48. The molecule has 0 aliphatic carbocycles. The number of amides is 1. The van der Waals surface area contributed by atoms with Crippen LogP contribution >= 0.6 is 11.6 Å². The fourth-order valence-electron chi connectivity index (χ4n) is 1.85. The highest BCUT2D eigenvalue weighted by atomic mass is 35.5. The Morgan fingerprint density at radius 1 is 1.61 bits per heavy atom. The van der Waals surface area contributed by atoms with Gasteiger partial charge in [-0.25, -0.2) is 4.98 Å². The summed E-state index contributed by atoms with van der Waals surface area (Å²) in [5, 5.41) is 6.08. The first kappa shape index (κ1) is 13.0. The van der Waals surface area contributed by atoms with Crippen LogP contribution in [0.15, 0.2) is 6.07 Å². The van der Waals surface area contributed by atoms with Gasteiger partial charge in [-0.15, -0.1) is 0 Å². The van der Waals surface area contributed by atoms with Gasteiger partial charge in [-0.05, 0) is 19.4 Å². The predicted molar refractivity (Wildman–Crippen MR) is 67.8 cm³/mol. The van der Waals surface area contributed by atoms with Crippen molar-refractivity contribution in [2.45, 2.75) is 12.8 Å². The van der Waals surface area contributed by atoms with Crippen molar-refractivity contribution in [3.63, 3.8) is 0 Å². The van der Waals surface area contributed by atoms with Gasteiger partial charge in [0.2, 0.25) is 17.7 Å². The van der Waals surface area contributed by atoms with Crippen LogP contribution in [0.3, 0.4) is 0 Å². The molecule has 2 rings (SSSR count). The minimum atomic E-state index is -0.0912. The molecule has 0 saturated carbocycles. The van der Waals surface area contributed by atoms with Gasteiger partial charge in [-0.2, -0.15) is 4.98 Å². The second-order valence-electron chi connectivity index (χ2n) is 4.09. The Hall–Kier alpha value is -1.40. The summed E-state index contributed by atoms with van der Waals surface area (Å²) in [5.74, 6) is 0.362. The summed E-state index contributed by atoms with van der Waals surface area (Å²) in [6.45, 7) is 1.65. The van der Waals surface area contributed by atoms with Crippen LogP contribution < -0.4 is 15.4 Å². The third-order valence-corrected chi connectivity index (χ3v) is 2.98. The third-order valence-electron chi connectivity index (χ3n) is 2.78. The highest BCUT2D eigenvalue weighted by molar-refractivity contribution is 6.29. The molecule has 0 spiro atoms. The molecule has 2 N–H and O–H groups in total. The molecule has 1 aromatic heterocycles. The lowest BCUT2D eigenvalue weighted by molar-refractivity contribution is -0.120. The summed E-state index contributed by atoms with van der Waals surface area (Å²) >= 11 is 5.80. The topological polar surface area (TPSA) is 76.1 Å². The first-order valence-corrected chi connectivity index (χ1v) is 6.17. The van der Waals surface area contributed by atoms with Gasteiger partial charge in [0.1, 0.15) is 5.15 Å². The van der Waals surface area contributed by atoms with E-state index in [0.29, 0.717) is 12.4 Å². The van der Waals surface area contributed by atoms with E-state index < -0.39 is 0 Å². The van der Waals surface area contributed by atoms with E-state index in [2.05, 4.69) is 20.6 Å². The molecular formula is C11H15ClN4O2. The molecule has 0 unspecified atom stereocenters.